The lowest BCUT2D eigenvalue weighted by atomic mass is 10.2. The van der Waals surface area contributed by atoms with E-state index in [4.69, 9.17) is 0 Å². The minimum absolute atomic E-state index is 0.0757. The van der Waals surface area contributed by atoms with Gasteiger partial charge in [-0.05, 0) is 42.8 Å². The van der Waals surface area contributed by atoms with Crippen molar-refractivity contribution in [3.8, 4) is 0 Å². The maximum absolute atomic E-state index is 12.2. The zero-order chi connectivity index (χ0) is 17.5. The molecule has 126 valence electrons. The van der Waals surface area contributed by atoms with Gasteiger partial charge in [-0.3, -0.25) is 14.6 Å². The molecule has 0 atom stereocenters. The molecule has 0 aliphatic rings. The molecule has 6 heteroatoms. The smallest absolute Gasteiger partial charge is 0.226 e. The van der Waals surface area contributed by atoms with Crippen LogP contribution < -0.4 is 5.32 Å². The van der Waals surface area contributed by atoms with Crippen LogP contribution in [-0.2, 0) is 16.1 Å². The van der Waals surface area contributed by atoms with Crippen LogP contribution in [0.25, 0.3) is 0 Å². The molecule has 0 fully saturated rings. The highest BCUT2D eigenvalue weighted by Crippen LogP contribution is 2.20. The summed E-state index contributed by atoms with van der Waals surface area (Å²) in [6.07, 6.45) is 1.93. The minimum atomic E-state index is -0.118. The number of pyridine rings is 1. The molecule has 0 saturated carbocycles. The third-order valence-electron chi connectivity index (χ3n) is 3.60. The Balaban J connectivity index is 1.91. The highest BCUT2D eigenvalue weighted by molar-refractivity contribution is 9.10. The molecular weight excluding hydrogens is 370 g/mol. The number of benzene rings is 1. The van der Waals surface area contributed by atoms with E-state index in [1.54, 1.807) is 11.1 Å². The van der Waals surface area contributed by atoms with Crippen molar-refractivity contribution < 1.29 is 9.59 Å². The fourth-order valence-corrected chi connectivity index (χ4v) is 2.73. The van der Waals surface area contributed by atoms with E-state index in [2.05, 4.69) is 26.2 Å². The number of nitrogens with one attached hydrogen (secondary N) is 1. The maximum atomic E-state index is 12.2. The first-order valence-corrected chi connectivity index (χ1v) is 8.46. The Morgan fingerprint density at radius 1 is 1.25 bits per heavy atom. The van der Waals surface area contributed by atoms with Gasteiger partial charge in [0.15, 0.2) is 0 Å². The Kier molecular flexibility index (Phi) is 6.49. The highest BCUT2D eigenvalue weighted by atomic mass is 79.9. The Hall–Kier alpha value is -2.21. The van der Waals surface area contributed by atoms with Crippen LogP contribution >= 0.6 is 15.9 Å². The quantitative estimate of drug-likeness (QED) is 0.821. The van der Waals surface area contributed by atoms with Crippen molar-refractivity contribution in [3.05, 3.63) is 58.3 Å². The number of rotatable bonds is 6. The lowest BCUT2D eigenvalue weighted by Crippen LogP contribution is -2.31. The summed E-state index contributed by atoms with van der Waals surface area (Å²) in [6.45, 7) is 4.19. The molecule has 0 aliphatic carbocycles. The van der Waals surface area contributed by atoms with E-state index in [0.29, 0.717) is 13.1 Å². The minimum Gasteiger partial charge on any atom is -0.337 e. The first kappa shape index (κ1) is 18.1. The second-order valence-corrected chi connectivity index (χ2v) is 6.43. The largest absolute Gasteiger partial charge is 0.337 e. The third-order valence-corrected chi connectivity index (χ3v) is 4.09. The molecule has 0 radical (unpaired) electrons. The monoisotopic (exact) mass is 389 g/mol. The summed E-state index contributed by atoms with van der Waals surface area (Å²) in [6, 6.07) is 11.2. The summed E-state index contributed by atoms with van der Waals surface area (Å²) >= 11 is 3.40. The summed E-state index contributed by atoms with van der Waals surface area (Å²) in [5.41, 5.74) is 2.56. The topological polar surface area (TPSA) is 62.3 Å². The predicted octanol–water partition coefficient (Wildman–Crippen LogP) is 3.53. The van der Waals surface area contributed by atoms with E-state index in [-0.39, 0.29) is 18.2 Å². The van der Waals surface area contributed by atoms with Gasteiger partial charge in [-0.15, -0.1) is 0 Å². The van der Waals surface area contributed by atoms with Gasteiger partial charge in [-0.1, -0.05) is 22.0 Å². The fourth-order valence-electron chi connectivity index (χ4n) is 2.25. The second kappa shape index (κ2) is 8.59. The van der Waals surface area contributed by atoms with Gasteiger partial charge in [0, 0.05) is 36.2 Å². The molecule has 1 aromatic heterocycles. The van der Waals surface area contributed by atoms with Crippen LogP contribution in [0.1, 0.15) is 24.6 Å². The predicted molar refractivity (Wildman–Crippen MR) is 97.5 cm³/mol. The van der Waals surface area contributed by atoms with Crippen LogP contribution in [0, 0.1) is 6.92 Å². The normalized spacial score (nSPS) is 10.3. The van der Waals surface area contributed by atoms with Crippen molar-refractivity contribution in [2.24, 2.45) is 0 Å². The van der Waals surface area contributed by atoms with E-state index in [0.717, 1.165) is 21.4 Å². The number of hydrogen-bond acceptors (Lipinski definition) is 3. The van der Waals surface area contributed by atoms with Crippen LogP contribution in [0.2, 0.25) is 0 Å². The molecule has 0 saturated heterocycles. The molecule has 2 amide bonds. The van der Waals surface area contributed by atoms with E-state index in [1.165, 1.54) is 6.92 Å². The average molecular weight is 390 g/mol. The highest BCUT2D eigenvalue weighted by Gasteiger charge is 2.13. The summed E-state index contributed by atoms with van der Waals surface area (Å²) in [7, 11) is 0. The zero-order valence-electron chi connectivity index (χ0n) is 13.8. The van der Waals surface area contributed by atoms with Crippen LogP contribution in [0.5, 0.6) is 0 Å². The van der Waals surface area contributed by atoms with Gasteiger partial charge in [0.1, 0.15) is 0 Å². The van der Waals surface area contributed by atoms with Gasteiger partial charge in [0.2, 0.25) is 11.8 Å². The van der Waals surface area contributed by atoms with E-state index in [9.17, 15) is 9.59 Å². The number of hydrogen-bond donors (Lipinski definition) is 1. The number of anilines is 1. The zero-order valence-corrected chi connectivity index (χ0v) is 15.3. The number of carbonyl (C=O) groups is 2. The van der Waals surface area contributed by atoms with Crippen molar-refractivity contribution in [3.63, 3.8) is 0 Å². The molecule has 2 rings (SSSR count). The molecule has 5 nitrogen and oxygen atoms in total. The van der Waals surface area contributed by atoms with Crippen LogP contribution in [0.15, 0.2) is 47.1 Å². The van der Waals surface area contributed by atoms with Crippen LogP contribution in [0.4, 0.5) is 5.69 Å². The molecule has 24 heavy (non-hydrogen) atoms. The molecule has 0 aliphatic heterocycles. The van der Waals surface area contributed by atoms with Crippen LogP contribution in [0.3, 0.4) is 0 Å². The number of halogens is 1. The summed E-state index contributed by atoms with van der Waals surface area (Å²) in [5, 5.41) is 2.88. The average Bonchev–Trinajstić information content (AvgIpc) is 2.55. The van der Waals surface area contributed by atoms with Crippen LogP contribution in [-0.4, -0.2) is 28.2 Å². The van der Waals surface area contributed by atoms with Gasteiger partial charge in [0.05, 0.1) is 12.2 Å². The Bertz CT molecular complexity index is 719. The molecule has 0 bridgehead atoms. The molecule has 1 N–H and O–H groups in total. The number of aryl methyl sites for hydroxylation is 1. The van der Waals surface area contributed by atoms with Gasteiger partial charge < -0.3 is 10.2 Å². The van der Waals surface area contributed by atoms with Gasteiger partial charge >= 0.3 is 0 Å². The maximum Gasteiger partial charge on any atom is 0.226 e. The number of nitrogens with zero attached hydrogens (tertiary/aromatic N) is 2. The second-order valence-electron chi connectivity index (χ2n) is 5.52. The van der Waals surface area contributed by atoms with Gasteiger partial charge in [-0.25, -0.2) is 0 Å². The number of aromatic nitrogens is 1. The Morgan fingerprint density at radius 3 is 2.67 bits per heavy atom. The fraction of sp³-hybridized carbons (Fsp3) is 0.278. The summed E-state index contributed by atoms with van der Waals surface area (Å²) in [4.78, 5) is 29.8. The van der Waals surface area contributed by atoms with Crippen molar-refractivity contribution in [1.82, 2.24) is 9.88 Å². The number of carbonyl (C=O) groups excluding carboxylic acids is 2. The summed E-state index contributed by atoms with van der Waals surface area (Å²) < 4.78 is 0.969. The molecule has 1 heterocycles. The summed E-state index contributed by atoms with van der Waals surface area (Å²) in [5.74, 6) is -0.194. The number of amides is 2. The molecule has 2 aromatic rings. The first-order chi connectivity index (χ1) is 11.5. The lowest BCUT2D eigenvalue weighted by Gasteiger charge is -2.20. The van der Waals surface area contributed by atoms with Crippen molar-refractivity contribution in [2.75, 3.05) is 11.9 Å². The van der Waals surface area contributed by atoms with E-state index < -0.39 is 0 Å². The van der Waals surface area contributed by atoms with E-state index >= 15 is 0 Å². The van der Waals surface area contributed by atoms with Gasteiger partial charge in [0.25, 0.3) is 0 Å². The van der Waals surface area contributed by atoms with E-state index in [1.807, 2.05) is 43.3 Å². The molecular formula is C18H20BrN3O2. The first-order valence-electron chi connectivity index (χ1n) is 7.67. The van der Waals surface area contributed by atoms with Crippen molar-refractivity contribution >= 4 is 33.4 Å². The lowest BCUT2D eigenvalue weighted by molar-refractivity contribution is -0.130. The Labute approximate surface area is 150 Å². The molecule has 0 unspecified atom stereocenters. The van der Waals surface area contributed by atoms with Gasteiger partial charge in [-0.2, -0.15) is 0 Å². The standard InChI is InChI=1S/C18H20BrN3O2/c1-13-11-15(19)6-7-17(13)21-18(24)8-10-22(14(2)23)12-16-5-3-4-9-20-16/h3-7,9,11H,8,10,12H2,1-2H3,(H,21,24). The molecule has 0 spiro atoms. The SMILES string of the molecule is CC(=O)N(CCC(=O)Nc1ccc(Br)cc1C)Cc1ccccn1. The third kappa shape index (κ3) is 5.45. The Morgan fingerprint density at radius 2 is 2.04 bits per heavy atom. The van der Waals surface area contributed by atoms with Crippen molar-refractivity contribution in [1.29, 1.82) is 0 Å². The molecule has 1 aromatic carbocycles. The van der Waals surface area contributed by atoms with Crippen molar-refractivity contribution in [2.45, 2.75) is 26.8 Å².